The third-order valence-corrected chi connectivity index (χ3v) is 3.38. The lowest BCUT2D eigenvalue weighted by Gasteiger charge is -2.19. The molecule has 140 valence electrons. The molecular formula is C19H30N2O4. The van der Waals surface area contributed by atoms with Crippen LogP contribution in [0.4, 0.5) is 4.79 Å². The Hall–Kier alpha value is -2.08. The molecule has 1 rings (SSSR count). The number of rotatable bonds is 10. The molecule has 0 saturated heterocycles. The summed E-state index contributed by atoms with van der Waals surface area (Å²) in [5, 5.41) is 2.86. The van der Waals surface area contributed by atoms with E-state index < -0.39 is 12.2 Å². The zero-order valence-corrected chi connectivity index (χ0v) is 15.6. The first-order valence-corrected chi connectivity index (χ1v) is 8.75. The fraction of sp³-hybridized carbons (Fsp3) is 0.579. The van der Waals surface area contributed by atoms with E-state index in [2.05, 4.69) is 10.8 Å². The van der Waals surface area contributed by atoms with Gasteiger partial charge in [-0.15, -0.1) is 0 Å². The van der Waals surface area contributed by atoms with Gasteiger partial charge in [-0.25, -0.2) is 4.79 Å². The topological polar surface area (TPSA) is 76.7 Å². The minimum atomic E-state index is -0.666. The molecule has 0 fully saturated rings. The number of hydrogen-bond acceptors (Lipinski definition) is 4. The van der Waals surface area contributed by atoms with Crippen molar-refractivity contribution in [2.45, 2.75) is 53.2 Å². The number of amides is 2. The predicted molar refractivity (Wildman–Crippen MR) is 96.6 cm³/mol. The van der Waals surface area contributed by atoms with Crippen molar-refractivity contribution < 1.29 is 19.2 Å². The van der Waals surface area contributed by atoms with Crippen molar-refractivity contribution in [2.75, 3.05) is 6.54 Å². The van der Waals surface area contributed by atoms with Crippen LogP contribution in [-0.4, -0.2) is 24.6 Å². The number of carbonyl (C=O) groups excluding carboxylic acids is 2. The van der Waals surface area contributed by atoms with E-state index in [-0.39, 0.29) is 18.9 Å². The van der Waals surface area contributed by atoms with Crippen LogP contribution in [0.5, 0.6) is 0 Å². The monoisotopic (exact) mass is 350 g/mol. The molecule has 0 aliphatic carbocycles. The maximum absolute atomic E-state index is 12.0. The van der Waals surface area contributed by atoms with E-state index in [0.29, 0.717) is 24.8 Å². The average molecular weight is 350 g/mol. The van der Waals surface area contributed by atoms with Crippen molar-refractivity contribution in [3.8, 4) is 0 Å². The second-order valence-corrected chi connectivity index (χ2v) is 6.94. The van der Waals surface area contributed by atoms with E-state index in [1.807, 2.05) is 58.0 Å². The van der Waals surface area contributed by atoms with Gasteiger partial charge in [0.2, 0.25) is 5.91 Å². The number of hydroxylamine groups is 1. The molecule has 0 aliphatic heterocycles. The lowest BCUT2D eigenvalue weighted by molar-refractivity contribution is -0.126. The third-order valence-electron chi connectivity index (χ3n) is 3.38. The first-order valence-electron chi connectivity index (χ1n) is 8.75. The summed E-state index contributed by atoms with van der Waals surface area (Å²) >= 11 is 0. The molecule has 0 aliphatic rings. The number of carbonyl (C=O) groups is 2. The van der Waals surface area contributed by atoms with Crippen LogP contribution in [0, 0.1) is 11.8 Å². The SMILES string of the molecule is CC(C)CNC(=O)C[C@@H](CC(C)C)ONC(=O)OCc1ccccc1. The highest BCUT2D eigenvalue weighted by Crippen LogP contribution is 2.11. The molecule has 2 amide bonds. The minimum absolute atomic E-state index is 0.0844. The first-order chi connectivity index (χ1) is 11.9. The maximum atomic E-state index is 12.0. The second-order valence-electron chi connectivity index (χ2n) is 6.94. The van der Waals surface area contributed by atoms with Crippen LogP contribution in [0.15, 0.2) is 30.3 Å². The van der Waals surface area contributed by atoms with Gasteiger partial charge < -0.3 is 10.1 Å². The molecule has 1 atom stereocenters. The lowest BCUT2D eigenvalue weighted by atomic mass is 10.0. The maximum Gasteiger partial charge on any atom is 0.431 e. The predicted octanol–water partition coefficient (Wildman–Crippen LogP) is 3.42. The Morgan fingerprint density at radius 2 is 1.72 bits per heavy atom. The zero-order chi connectivity index (χ0) is 18.7. The van der Waals surface area contributed by atoms with Crippen molar-refractivity contribution in [1.82, 2.24) is 10.8 Å². The van der Waals surface area contributed by atoms with Gasteiger partial charge in [-0.3, -0.25) is 9.63 Å². The van der Waals surface area contributed by atoms with Crippen LogP contribution in [0.25, 0.3) is 0 Å². The Bertz CT molecular complexity index is 517. The highest BCUT2D eigenvalue weighted by atomic mass is 16.7. The smallest absolute Gasteiger partial charge is 0.431 e. The number of nitrogens with one attached hydrogen (secondary N) is 2. The van der Waals surface area contributed by atoms with Crippen LogP contribution in [0.3, 0.4) is 0 Å². The van der Waals surface area contributed by atoms with Gasteiger partial charge in [-0.1, -0.05) is 58.0 Å². The molecule has 0 bridgehead atoms. The standard InChI is InChI=1S/C19H30N2O4/c1-14(2)10-17(11-18(22)20-12-15(3)4)25-21-19(23)24-13-16-8-6-5-7-9-16/h5-9,14-15,17H,10-13H2,1-4H3,(H,20,22)(H,21,23)/t17-/m1/s1. The number of ether oxygens (including phenoxy) is 1. The molecule has 2 N–H and O–H groups in total. The van der Waals surface area contributed by atoms with Crippen LogP contribution < -0.4 is 10.8 Å². The van der Waals surface area contributed by atoms with Crippen LogP contribution in [0.2, 0.25) is 0 Å². The van der Waals surface area contributed by atoms with Gasteiger partial charge in [0.05, 0.1) is 12.5 Å². The summed E-state index contributed by atoms with van der Waals surface area (Å²) in [7, 11) is 0. The van der Waals surface area contributed by atoms with Gasteiger partial charge in [-0.2, -0.15) is 5.48 Å². The van der Waals surface area contributed by atoms with Crippen LogP contribution >= 0.6 is 0 Å². The largest absolute Gasteiger partial charge is 0.443 e. The molecule has 0 radical (unpaired) electrons. The van der Waals surface area contributed by atoms with Crippen molar-refractivity contribution in [3.63, 3.8) is 0 Å². The Labute approximate surface area is 150 Å². The summed E-state index contributed by atoms with van der Waals surface area (Å²) in [6.45, 7) is 8.94. The van der Waals surface area contributed by atoms with E-state index >= 15 is 0 Å². The van der Waals surface area contributed by atoms with E-state index in [1.165, 1.54) is 0 Å². The molecule has 0 heterocycles. The molecule has 1 aromatic carbocycles. The Balaban J connectivity index is 2.38. The molecular weight excluding hydrogens is 320 g/mol. The summed E-state index contributed by atoms with van der Waals surface area (Å²) in [6.07, 6.45) is -0.200. The molecule has 0 unspecified atom stereocenters. The van der Waals surface area contributed by atoms with E-state index in [9.17, 15) is 9.59 Å². The zero-order valence-electron chi connectivity index (χ0n) is 15.6. The Morgan fingerprint density at radius 1 is 1.04 bits per heavy atom. The molecule has 25 heavy (non-hydrogen) atoms. The summed E-state index contributed by atoms with van der Waals surface area (Å²) in [5.41, 5.74) is 3.18. The van der Waals surface area contributed by atoms with Gasteiger partial charge in [0.1, 0.15) is 6.61 Å². The second kappa shape index (κ2) is 11.5. The van der Waals surface area contributed by atoms with E-state index in [1.54, 1.807) is 0 Å². The van der Waals surface area contributed by atoms with Crippen molar-refractivity contribution >= 4 is 12.0 Å². The van der Waals surface area contributed by atoms with Crippen molar-refractivity contribution in [3.05, 3.63) is 35.9 Å². The van der Waals surface area contributed by atoms with Crippen molar-refractivity contribution in [2.24, 2.45) is 11.8 Å². The van der Waals surface area contributed by atoms with Crippen LogP contribution in [0.1, 0.15) is 46.1 Å². The molecule has 1 aromatic rings. The molecule has 0 aromatic heterocycles. The van der Waals surface area contributed by atoms with Gasteiger partial charge in [0, 0.05) is 6.54 Å². The molecule has 0 saturated carbocycles. The Kier molecular flexibility index (Phi) is 9.62. The fourth-order valence-corrected chi connectivity index (χ4v) is 2.18. The van der Waals surface area contributed by atoms with Gasteiger partial charge in [-0.05, 0) is 23.8 Å². The van der Waals surface area contributed by atoms with E-state index in [4.69, 9.17) is 9.57 Å². The van der Waals surface area contributed by atoms with Gasteiger partial charge in [0.25, 0.3) is 0 Å². The third kappa shape index (κ3) is 10.4. The molecule has 6 nitrogen and oxygen atoms in total. The lowest BCUT2D eigenvalue weighted by Crippen LogP contribution is -2.36. The highest BCUT2D eigenvalue weighted by Gasteiger charge is 2.18. The molecule has 6 heteroatoms. The average Bonchev–Trinajstić information content (AvgIpc) is 2.56. The first kappa shape index (κ1) is 21.0. The quantitative estimate of drug-likeness (QED) is 0.634. The van der Waals surface area contributed by atoms with Gasteiger partial charge >= 0.3 is 6.09 Å². The number of benzene rings is 1. The summed E-state index contributed by atoms with van der Waals surface area (Å²) in [4.78, 5) is 29.1. The summed E-state index contributed by atoms with van der Waals surface area (Å²) < 4.78 is 5.09. The normalized spacial score (nSPS) is 12.1. The van der Waals surface area contributed by atoms with E-state index in [0.717, 1.165) is 5.56 Å². The fourth-order valence-electron chi connectivity index (χ4n) is 2.18. The van der Waals surface area contributed by atoms with Crippen LogP contribution in [-0.2, 0) is 21.0 Å². The Morgan fingerprint density at radius 3 is 2.32 bits per heavy atom. The minimum Gasteiger partial charge on any atom is -0.443 e. The number of hydrogen-bond donors (Lipinski definition) is 2. The highest BCUT2D eigenvalue weighted by molar-refractivity contribution is 5.76. The molecule has 0 spiro atoms. The summed E-state index contributed by atoms with van der Waals surface area (Å²) in [5.74, 6) is 0.642. The van der Waals surface area contributed by atoms with Gasteiger partial charge in [0.15, 0.2) is 0 Å². The summed E-state index contributed by atoms with van der Waals surface area (Å²) in [6, 6.07) is 9.39. The van der Waals surface area contributed by atoms with Crippen molar-refractivity contribution in [1.29, 1.82) is 0 Å².